The van der Waals surface area contributed by atoms with Crippen molar-refractivity contribution in [1.82, 2.24) is 14.8 Å². The van der Waals surface area contributed by atoms with E-state index in [-0.39, 0.29) is 5.91 Å². The van der Waals surface area contributed by atoms with Crippen LogP contribution in [0.3, 0.4) is 0 Å². The molecule has 3 heterocycles. The third kappa shape index (κ3) is 5.51. The Kier molecular flexibility index (Phi) is 7.05. The summed E-state index contributed by atoms with van der Waals surface area (Å²) in [7, 11) is 0. The Morgan fingerprint density at radius 3 is 2.37 bits per heavy atom. The Hall–Kier alpha value is -2.92. The number of carbonyl (C=O) groups excluding carboxylic acids is 1. The molecule has 2 fully saturated rings. The second-order valence-corrected chi connectivity index (χ2v) is 10.8. The predicted octanol–water partition coefficient (Wildman–Crippen LogP) is 5.79. The van der Waals surface area contributed by atoms with E-state index >= 15 is 0 Å². The summed E-state index contributed by atoms with van der Waals surface area (Å²) in [6.45, 7) is 9.95. The number of pyridine rings is 1. The van der Waals surface area contributed by atoms with E-state index < -0.39 is 0 Å². The molecule has 0 atom stereocenters. The van der Waals surface area contributed by atoms with Gasteiger partial charge in [0.25, 0.3) is 5.91 Å². The molecule has 0 saturated carbocycles. The van der Waals surface area contributed by atoms with Gasteiger partial charge in [0.1, 0.15) is 11.4 Å². The number of hydrogen-bond acceptors (Lipinski definition) is 4. The first kappa shape index (κ1) is 23.8. The van der Waals surface area contributed by atoms with E-state index in [1.54, 1.807) is 0 Å². The predicted molar refractivity (Wildman–Crippen MR) is 141 cm³/mol. The fourth-order valence-electron chi connectivity index (χ4n) is 5.49. The number of carbonyl (C=O) groups is 1. The van der Waals surface area contributed by atoms with E-state index in [0.29, 0.717) is 17.0 Å². The minimum absolute atomic E-state index is 0.0704. The number of piperidine rings is 2. The molecule has 2 aliphatic rings. The number of hydrogen-bond donors (Lipinski definition) is 0. The smallest absolute Gasteiger partial charge is 0.272 e. The maximum absolute atomic E-state index is 13.1. The maximum atomic E-state index is 13.1. The third-order valence-corrected chi connectivity index (χ3v) is 7.78. The van der Waals surface area contributed by atoms with E-state index in [1.807, 2.05) is 41.3 Å². The molecular weight excluding hydrogens is 434 g/mol. The lowest BCUT2D eigenvalue weighted by atomic mass is 9.71. The van der Waals surface area contributed by atoms with Crippen LogP contribution in [-0.2, 0) is 6.54 Å². The lowest BCUT2D eigenvalue weighted by Gasteiger charge is -2.47. The van der Waals surface area contributed by atoms with Crippen molar-refractivity contribution >= 4 is 16.8 Å². The quantitative estimate of drug-likeness (QED) is 0.457. The maximum Gasteiger partial charge on any atom is 0.272 e. The van der Waals surface area contributed by atoms with Crippen LogP contribution in [-0.4, -0.2) is 53.5 Å². The molecule has 2 aliphatic heterocycles. The average Bonchev–Trinajstić information content (AvgIpc) is 2.89. The first-order chi connectivity index (χ1) is 17.0. The summed E-state index contributed by atoms with van der Waals surface area (Å²) in [4.78, 5) is 22.3. The number of likely N-dealkylation sites (tertiary alicyclic amines) is 2. The van der Waals surface area contributed by atoms with Crippen molar-refractivity contribution in [3.63, 3.8) is 0 Å². The van der Waals surface area contributed by atoms with Crippen molar-refractivity contribution in [3.05, 3.63) is 71.9 Å². The van der Waals surface area contributed by atoms with Crippen molar-refractivity contribution in [2.75, 3.05) is 32.8 Å². The Morgan fingerprint density at radius 1 is 0.914 bits per heavy atom. The lowest BCUT2D eigenvalue weighted by Crippen LogP contribution is -2.48. The molecule has 0 bridgehead atoms. The molecule has 1 amide bonds. The normalized spacial score (nSPS) is 18.3. The number of amides is 1. The molecule has 2 saturated heterocycles. The summed E-state index contributed by atoms with van der Waals surface area (Å²) in [6, 6.07) is 20.3. The zero-order chi connectivity index (χ0) is 24.3. The minimum atomic E-state index is 0.0704. The molecule has 0 unspecified atom stereocenters. The molecule has 0 N–H and O–H groups in total. The van der Waals surface area contributed by atoms with E-state index in [1.165, 1.54) is 18.4 Å². The van der Waals surface area contributed by atoms with Gasteiger partial charge in [0.15, 0.2) is 0 Å². The first-order valence-electron chi connectivity index (χ1n) is 13.1. The van der Waals surface area contributed by atoms with E-state index in [9.17, 15) is 4.79 Å². The van der Waals surface area contributed by atoms with Crippen LogP contribution in [0.2, 0.25) is 0 Å². The van der Waals surface area contributed by atoms with Crippen LogP contribution in [0.4, 0.5) is 0 Å². The second-order valence-electron chi connectivity index (χ2n) is 10.8. The summed E-state index contributed by atoms with van der Waals surface area (Å²) in [5.74, 6) is 1.62. The van der Waals surface area contributed by atoms with E-state index in [0.717, 1.165) is 68.8 Å². The van der Waals surface area contributed by atoms with Crippen LogP contribution >= 0.6 is 0 Å². The van der Waals surface area contributed by atoms with Gasteiger partial charge in [-0.05, 0) is 68.3 Å². The summed E-state index contributed by atoms with van der Waals surface area (Å²) in [5.41, 5.74) is 3.10. The topological polar surface area (TPSA) is 45.7 Å². The Balaban J connectivity index is 1.15. The number of ether oxygens (including phenoxy) is 1. The van der Waals surface area contributed by atoms with Gasteiger partial charge in [0, 0.05) is 30.6 Å². The Bertz CT molecular complexity index is 1160. The molecule has 5 heteroatoms. The third-order valence-electron chi connectivity index (χ3n) is 7.78. The first-order valence-corrected chi connectivity index (χ1v) is 13.1. The average molecular weight is 472 g/mol. The van der Waals surface area contributed by atoms with Gasteiger partial charge in [-0.15, -0.1) is 0 Å². The summed E-state index contributed by atoms with van der Waals surface area (Å²) >= 11 is 0. The van der Waals surface area contributed by atoms with Crippen molar-refractivity contribution in [1.29, 1.82) is 0 Å². The zero-order valence-corrected chi connectivity index (χ0v) is 21.1. The number of benzene rings is 2. The molecule has 184 valence electrons. The van der Waals surface area contributed by atoms with E-state index in [2.05, 4.69) is 48.0 Å². The number of nitrogens with zero attached hydrogens (tertiary/aromatic N) is 3. The van der Waals surface area contributed by atoms with Crippen LogP contribution < -0.4 is 4.74 Å². The van der Waals surface area contributed by atoms with Gasteiger partial charge in [-0.25, -0.2) is 4.98 Å². The highest BCUT2D eigenvalue weighted by Crippen LogP contribution is 2.42. The number of aromatic nitrogens is 1. The minimum Gasteiger partial charge on any atom is -0.493 e. The fraction of sp³-hybridized carbons (Fsp3) is 0.467. The molecule has 5 rings (SSSR count). The van der Waals surface area contributed by atoms with Gasteiger partial charge in [-0.2, -0.15) is 0 Å². The SMILES string of the molecule is CC(C)COc1ccccc1CN1CCC2(CC1)CCN(C(=O)c1ccc3ccccc3n1)CC2. The lowest BCUT2D eigenvalue weighted by molar-refractivity contribution is 0.0280. The highest BCUT2D eigenvalue weighted by molar-refractivity contribution is 5.95. The second kappa shape index (κ2) is 10.4. The van der Waals surface area contributed by atoms with Crippen LogP contribution in [0, 0.1) is 11.3 Å². The van der Waals surface area contributed by atoms with Crippen LogP contribution in [0.5, 0.6) is 5.75 Å². The molecule has 1 aromatic heterocycles. The van der Waals surface area contributed by atoms with Crippen LogP contribution in [0.1, 0.15) is 55.6 Å². The Labute approximate surface area is 209 Å². The highest BCUT2D eigenvalue weighted by Gasteiger charge is 2.38. The Morgan fingerprint density at radius 2 is 1.60 bits per heavy atom. The summed E-state index contributed by atoms with van der Waals surface area (Å²) < 4.78 is 6.08. The number of fused-ring (bicyclic) bond motifs is 1. The van der Waals surface area contributed by atoms with Crippen molar-refractivity contribution in [2.24, 2.45) is 11.3 Å². The molecule has 5 nitrogen and oxygen atoms in total. The molecule has 0 aliphatic carbocycles. The zero-order valence-electron chi connectivity index (χ0n) is 21.1. The van der Waals surface area contributed by atoms with Crippen LogP contribution in [0.25, 0.3) is 10.9 Å². The molecule has 1 spiro atoms. The van der Waals surface area contributed by atoms with Crippen molar-refractivity contribution in [2.45, 2.75) is 46.1 Å². The fourth-order valence-corrected chi connectivity index (χ4v) is 5.49. The highest BCUT2D eigenvalue weighted by atomic mass is 16.5. The molecule has 0 radical (unpaired) electrons. The van der Waals surface area contributed by atoms with Crippen molar-refractivity contribution < 1.29 is 9.53 Å². The van der Waals surface area contributed by atoms with Crippen LogP contribution in [0.15, 0.2) is 60.7 Å². The van der Waals surface area contributed by atoms with Gasteiger partial charge in [0.05, 0.1) is 12.1 Å². The standard InChI is InChI=1S/C30H37N3O2/c1-23(2)22-35-28-10-6-4-8-25(28)21-32-17-13-30(14-18-32)15-19-33(20-16-30)29(34)27-12-11-24-7-3-5-9-26(24)31-27/h3-12,23H,13-22H2,1-2H3. The molecule has 35 heavy (non-hydrogen) atoms. The molecular formula is C30H37N3O2. The van der Waals surface area contributed by atoms with Crippen molar-refractivity contribution in [3.8, 4) is 5.75 Å². The largest absolute Gasteiger partial charge is 0.493 e. The van der Waals surface area contributed by atoms with Gasteiger partial charge in [0.2, 0.25) is 0 Å². The summed E-state index contributed by atoms with van der Waals surface area (Å²) in [6.07, 6.45) is 4.60. The van der Waals surface area contributed by atoms with Gasteiger partial charge < -0.3 is 9.64 Å². The molecule has 2 aromatic carbocycles. The number of para-hydroxylation sites is 2. The van der Waals surface area contributed by atoms with E-state index in [4.69, 9.17) is 4.74 Å². The monoisotopic (exact) mass is 471 g/mol. The number of rotatable bonds is 6. The molecule has 3 aromatic rings. The van der Waals surface area contributed by atoms with Gasteiger partial charge >= 0.3 is 0 Å². The van der Waals surface area contributed by atoms with Gasteiger partial charge in [-0.1, -0.05) is 56.3 Å². The summed E-state index contributed by atoms with van der Waals surface area (Å²) in [5, 5.41) is 1.07. The van der Waals surface area contributed by atoms with Gasteiger partial charge in [-0.3, -0.25) is 9.69 Å².